The Morgan fingerprint density at radius 2 is 2.04 bits per heavy atom. The second-order valence-electron chi connectivity index (χ2n) is 6.39. The molecule has 3 atom stereocenters. The number of piperidine rings is 1. The highest BCUT2D eigenvalue weighted by Gasteiger charge is 2.29. The number of fused-ring (bicyclic) bond motifs is 1. The number of anilines is 1. The Hall–Kier alpha value is -1.89. The van der Waals surface area contributed by atoms with Crippen LogP contribution in [0.5, 0.6) is 0 Å². The summed E-state index contributed by atoms with van der Waals surface area (Å²) in [6.07, 6.45) is 3.69. The van der Waals surface area contributed by atoms with Gasteiger partial charge in [0.2, 0.25) is 4.70 Å². The SMILES string of the molecule is CN1CC[C@@H](Nc2cccc3c(-n4cccc4)c[s+]([O-])c23)[C@@H](F)C1. The molecule has 24 heavy (non-hydrogen) atoms. The van der Waals surface area contributed by atoms with E-state index in [1.807, 2.05) is 59.2 Å². The van der Waals surface area contributed by atoms with Crippen LogP contribution in [0, 0.1) is 0 Å². The van der Waals surface area contributed by atoms with Crippen LogP contribution in [-0.4, -0.2) is 46.4 Å². The number of nitrogens with zero attached hydrogens (tertiary/aromatic N) is 2. The molecular weight excluding hydrogens is 325 g/mol. The molecule has 1 aliphatic rings. The number of nitrogens with one attached hydrogen (secondary N) is 1. The highest BCUT2D eigenvalue weighted by atomic mass is 32.2. The zero-order valence-corrected chi connectivity index (χ0v) is 14.3. The largest absolute Gasteiger partial charge is 0.590 e. The lowest BCUT2D eigenvalue weighted by atomic mass is 10.0. The smallest absolute Gasteiger partial charge is 0.204 e. The minimum absolute atomic E-state index is 0.236. The van der Waals surface area contributed by atoms with E-state index in [2.05, 4.69) is 5.32 Å². The molecule has 3 aromatic rings. The molecule has 0 saturated carbocycles. The standard InChI is InChI=1S/C18H20FN3OS/c1-21-10-7-15(14(19)11-21)20-16-6-4-5-13-17(12-24(23)18(13)16)22-8-2-3-9-22/h2-6,8-9,12,14-15,20H,7,10-11H2,1H3/t14-,15+,24?/m0/s1. The maximum atomic E-state index is 14.3. The van der Waals surface area contributed by atoms with Gasteiger partial charge in [-0.15, -0.1) is 0 Å². The van der Waals surface area contributed by atoms with E-state index in [0.29, 0.717) is 6.54 Å². The summed E-state index contributed by atoms with van der Waals surface area (Å²) in [5.41, 5.74) is 1.69. The van der Waals surface area contributed by atoms with Gasteiger partial charge in [-0.3, -0.25) is 0 Å². The number of halogens is 1. The Bertz CT molecular complexity index is 845. The van der Waals surface area contributed by atoms with E-state index in [4.69, 9.17) is 0 Å². The third-order valence-corrected chi connectivity index (χ3v) is 5.96. The Kier molecular flexibility index (Phi) is 4.04. The van der Waals surface area contributed by atoms with Crippen LogP contribution >= 0.6 is 10.8 Å². The zero-order chi connectivity index (χ0) is 16.7. The lowest BCUT2D eigenvalue weighted by molar-refractivity contribution is 0.149. The third-order valence-electron chi connectivity index (χ3n) is 4.68. The van der Waals surface area contributed by atoms with Crippen LogP contribution in [-0.2, 0) is 0 Å². The second kappa shape index (κ2) is 6.20. The molecule has 0 spiro atoms. The molecule has 4 nitrogen and oxygen atoms in total. The van der Waals surface area contributed by atoms with E-state index in [1.54, 1.807) is 5.38 Å². The van der Waals surface area contributed by atoms with Crippen molar-refractivity contribution in [2.24, 2.45) is 0 Å². The summed E-state index contributed by atoms with van der Waals surface area (Å²) in [7, 11) is 0.711. The fourth-order valence-electron chi connectivity index (χ4n) is 3.41. The maximum absolute atomic E-state index is 14.3. The second-order valence-corrected chi connectivity index (χ2v) is 7.63. The highest BCUT2D eigenvalue weighted by molar-refractivity contribution is 7.31. The average molecular weight is 345 g/mol. The van der Waals surface area contributed by atoms with E-state index in [1.165, 1.54) is 0 Å². The monoisotopic (exact) mass is 345 g/mol. The topological polar surface area (TPSA) is 43.3 Å². The summed E-state index contributed by atoms with van der Waals surface area (Å²) >= 11 is 0. The van der Waals surface area contributed by atoms with Crippen molar-refractivity contribution in [3.63, 3.8) is 0 Å². The number of hydrogen-bond donors (Lipinski definition) is 1. The average Bonchev–Trinajstić information content (AvgIpc) is 3.19. The number of aromatic nitrogens is 1. The molecule has 1 aromatic carbocycles. The van der Waals surface area contributed by atoms with Gasteiger partial charge >= 0.3 is 0 Å². The number of thiophene rings is 1. The van der Waals surface area contributed by atoms with Crippen molar-refractivity contribution in [2.45, 2.75) is 18.6 Å². The molecule has 1 N–H and O–H groups in total. The van der Waals surface area contributed by atoms with Crippen molar-refractivity contribution in [1.82, 2.24) is 9.47 Å². The molecule has 1 unspecified atom stereocenters. The molecule has 1 aliphatic heterocycles. The summed E-state index contributed by atoms with van der Waals surface area (Å²) < 4.78 is 29.7. The van der Waals surface area contributed by atoms with E-state index in [-0.39, 0.29) is 6.04 Å². The van der Waals surface area contributed by atoms with Crippen LogP contribution in [0.4, 0.5) is 10.1 Å². The van der Waals surface area contributed by atoms with Gasteiger partial charge in [-0.25, -0.2) is 4.39 Å². The number of alkyl halides is 1. The van der Waals surface area contributed by atoms with Crippen LogP contribution < -0.4 is 5.32 Å². The predicted octanol–water partition coefficient (Wildman–Crippen LogP) is 3.81. The molecule has 0 bridgehead atoms. The zero-order valence-electron chi connectivity index (χ0n) is 13.5. The van der Waals surface area contributed by atoms with Crippen LogP contribution in [0.15, 0.2) is 48.1 Å². The fourth-order valence-corrected chi connectivity index (χ4v) is 4.71. The molecule has 0 radical (unpaired) electrons. The van der Waals surface area contributed by atoms with E-state index < -0.39 is 16.9 Å². The van der Waals surface area contributed by atoms with Crippen molar-refractivity contribution in [3.05, 3.63) is 48.1 Å². The van der Waals surface area contributed by atoms with Crippen LogP contribution in [0.25, 0.3) is 15.8 Å². The summed E-state index contributed by atoms with van der Waals surface area (Å²) in [5.74, 6) is 0. The van der Waals surface area contributed by atoms with Crippen LogP contribution in [0.1, 0.15) is 6.42 Å². The van der Waals surface area contributed by atoms with Crippen molar-refractivity contribution < 1.29 is 8.94 Å². The Morgan fingerprint density at radius 1 is 1.25 bits per heavy atom. The minimum atomic E-state index is -1.22. The molecule has 3 heterocycles. The van der Waals surface area contributed by atoms with E-state index >= 15 is 0 Å². The summed E-state index contributed by atoms with van der Waals surface area (Å²) in [6.45, 7) is 1.30. The van der Waals surface area contributed by atoms with Gasteiger partial charge in [-0.1, -0.05) is 6.07 Å². The van der Waals surface area contributed by atoms with Crippen molar-refractivity contribution in [3.8, 4) is 5.69 Å². The Balaban J connectivity index is 1.72. The molecule has 6 heteroatoms. The Morgan fingerprint density at radius 3 is 2.79 bits per heavy atom. The number of benzene rings is 1. The number of likely N-dealkylation sites (tertiary alicyclic amines) is 1. The van der Waals surface area contributed by atoms with Gasteiger partial charge in [0.25, 0.3) is 0 Å². The molecule has 1 fully saturated rings. The predicted molar refractivity (Wildman–Crippen MR) is 96.4 cm³/mol. The molecule has 126 valence electrons. The first-order valence-electron chi connectivity index (χ1n) is 8.12. The summed E-state index contributed by atoms with van der Waals surface area (Å²) in [6, 6.07) is 9.45. The number of rotatable bonds is 3. The first-order chi connectivity index (χ1) is 11.6. The van der Waals surface area contributed by atoms with E-state index in [9.17, 15) is 8.94 Å². The van der Waals surface area contributed by atoms with Gasteiger partial charge in [0, 0.05) is 25.5 Å². The maximum Gasteiger partial charge on any atom is 0.204 e. The van der Waals surface area contributed by atoms with E-state index in [0.717, 1.165) is 34.4 Å². The third kappa shape index (κ3) is 2.70. The van der Waals surface area contributed by atoms with Crippen LogP contribution in [0.2, 0.25) is 0 Å². The van der Waals surface area contributed by atoms with Gasteiger partial charge in [-0.2, -0.15) is 0 Å². The number of hydrogen-bond acceptors (Lipinski definition) is 3. The normalized spacial score (nSPS) is 22.9. The van der Waals surface area contributed by atoms with Crippen molar-refractivity contribution in [1.29, 1.82) is 0 Å². The fraction of sp³-hybridized carbons (Fsp3) is 0.333. The quantitative estimate of drug-likeness (QED) is 0.734. The van der Waals surface area contributed by atoms with Gasteiger partial charge in [-0.05, 0) is 48.5 Å². The molecule has 2 aromatic heterocycles. The molecule has 1 saturated heterocycles. The lowest BCUT2D eigenvalue weighted by Gasteiger charge is -2.33. The summed E-state index contributed by atoms with van der Waals surface area (Å²) in [5, 5.41) is 6.01. The minimum Gasteiger partial charge on any atom is -0.590 e. The van der Waals surface area contributed by atoms with Gasteiger partial charge in [0.15, 0.2) is 5.38 Å². The van der Waals surface area contributed by atoms with Gasteiger partial charge in [0.1, 0.15) is 11.9 Å². The van der Waals surface area contributed by atoms with Crippen molar-refractivity contribution >= 4 is 26.5 Å². The van der Waals surface area contributed by atoms with Crippen LogP contribution in [0.3, 0.4) is 0 Å². The molecule has 0 amide bonds. The molecule has 0 aliphatic carbocycles. The van der Waals surface area contributed by atoms with Gasteiger partial charge < -0.3 is 19.3 Å². The first kappa shape index (κ1) is 15.6. The molecular formula is C18H20FN3OS. The first-order valence-corrected chi connectivity index (χ1v) is 9.33. The van der Waals surface area contributed by atoms with Crippen molar-refractivity contribution in [2.75, 3.05) is 25.5 Å². The van der Waals surface area contributed by atoms with Gasteiger partial charge in [0.05, 0.1) is 17.1 Å². The molecule has 4 rings (SSSR count). The lowest BCUT2D eigenvalue weighted by Crippen LogP contribution is -2.46. The Labute approximate surface area is 143 Å². The highest BCUT2D eigenvalue weighted by Crippen LogP contribution is 2.40. The summed E-state index contributed by atoms with van der Waals surface area (Å²) in [4.78, 5) is 2.00.